The SMILES string of the molecule is CCCn1cccc1CNc1cc(F)cc(F)c1F. The van der Waals surface area contributed by atoms with E-state index in [1.165, 1.54) is 0 Å². The van der Waals surface area contributed by atoms with Crippen LogP contribution in [0.3, 0.4) is 0 Å². The van der Waals surface area contributed by atoms with Crippen molar-refractivity contribution in [1.82, 2.24) is 4.57 Å². The number of halogens is 3. The molecule has 0 bridgehead atoms. The summed E-state index contributed by atoms with van der Waals surface area (Å²) in [6, 6.07) is 5.25. The molecule has 0 amide bonds. The maximum absolute atomic E-state index is 13.4. The average Bonchev–Trinajstić information content (AvgIpc) is 2.80. The summed E-state index contributed by atoms with van der Waals surface area (Å²) in [6.45, 7) is 3.22. The summed E-state index contributed by atoms with van der Waals surface area (Å²) in [6.07, 6.45) is 2.90. The minimum Gasteiger partial charge on any atom is -0.377 e. The Labute approximate surface area is 109 Å². The van der Waals surface area contributed by atoms with Gasteiger partial charge in [-0.3, -0.25) is 0 Å². The minimum absolute atomic E-state index is 0.165. The van der Waals surface area contributed by atoms with E-state index in [2.05, 4.69) is 12.2 Å². The fourth-order valence-corrected chi connectivity index (χ4v) is 1.94. The quantitative estimate of drug-likeness (QED) is 0.813. The summed E-state index contributed by atoms with van der Waals surface area (Å²) < 4.78 is 41.5. The lowest BCUT2D eigenvalue weighted by atomic mass is 10.2. The number of hydrogen-bond donors (Lipinski definition) is 1. The summed E-state index contributed by atoms with van der Waals surface area (Å²) in [5.74, 6) is -3.05. The third-order valence-corrected chi connectivity index (χ3v) is 2.84. The van der Waals surface area contributed by atoms with E-state index in [0.29, 0.717) is 12.6 Å². The van der Waals surface area contributed by atoms with E-state index in [1.807, 2.05) is 22.9 Å². The van der Waals surface area contributed by atoms with Crippen LogP contribution >= 0.6 is 0 Å². The molecule has 0 unspecified atom stereocenters. The Kier molecular flexibility index (Phi) is 4.14. The van der Waals surface area contributed by atoms with Gasteiger partial charge in [0.1, 0.15) is 5.82 Å². The van der Waals surface area contributed by atoms with Crippen LogP contribution in [0.5, 0.6) is 0 Å². The molecule has 0 aliphatic heterocycles. The van der Waals surface area contributed by atoms with Crippen LogP contribution in [0.15, 0.2) is 30.5 Å². The highest BCUT2D eigenvalue weighted by Gasteiger charge is 2.11. The molecular weight excluding hydrogens is 253 g/mol. The van der Waals surface area contributed by atoms with E-state index in [9.17, 15) is 13.2 Å². The van der Waals surface area contributed by atoms with E-state index < -0.39 is 17.5 Å². The molecule has 0 radical (unpaired) electrons. The van der Waals surface area contributed by atoms with Crippen molar-refractivity contribution in [2.75, 3.05) is 5.32 Å². The minimum atomic E-state index is -1.19. The van der Waals surface area contributed by atoms with Gasteiger partial charge in [-0.2, -0.15) is 0 Å². The van der Waals surface area contributed by atoms with E-state index in [-0.39, 0.29) is 5.69 Å². The number of nitrogens with zero attached hydrogens (tertiary/aromatic N) is 1. The van der Waals surface area contributed by atoms with Gasteiger partial charge in [-0.15, -0.1) is 0 Å². The number of hydrogen-bond acceptors (Lipinski definition) is 1. The van der Waals surface area contributed by atoms with Crippen molar-refractivity contribution in [3.8, 4) is 0 Å². The smallest absolute Gasteiger partial charge is 0.182 e. The normalized spacial score (nSPS) is 10.7. The molecule has 102 valence electrons. The first-order valence-corrected chi connectivity index (χ1v) is 6.14. The number of aryl methyl sites for hydroxylation is 1. The summed E-state index contributed by atoms with van der Waals surface area (Å²) in [5.41, 5.74) is 0.771. The zero-order valence-electron chi connectivity index (χ0n) is 10.6. The van der Waals surface area contributed by atoms with Crippen molar-refractivity contribution >= 4 is 5.69 Å². The largest absolute Gasteiger partial charge is 0.377 e. The summed E-state index contributed by atoms with van der Waals surface area (Å²) in [7, 11) is 0. The van der Waals surface area contributed by atoms with E-state index in [0.717, 1.165) is 24.7 Å². The molecule has 2 aromatic rings. The third kappa shape index (κ3) is 3.10. The first kappa shape index (κ1) is 13.5. The number of benzene rings is 1. The van der Waals surface area contributed by atoms with Gasteiger partial charge >= 0.3 is 0 Å². The zero-order chi connectivity index (χ0) is 13.8. The Bertz CT molecular complexity index is 564. The molecule has 2 nitrogen and oxygen atoms in total. The lowest BCUT2D eigenvalue weighted by Gasteiger charge is -2.11. The molecular formula is C14H15F3N2. The van der Waals surface area contributed by atoms with Crippen molar-refractivity contribution in [3.05, 3.63) is 53.6 Å². The van der Waals surface area contributed by atoms with Crippen LogP contribution in [0.25, 0.3) is 0 Å². The van der Waals surface area contributed by atoms with E-state index in [4.69, 9.17) is 0 Å². The Morgan fingerprint density at radius 2 is 2.00 bits per heavy atom. The maximum atomic E-state index is 13.4. The van der Waals surface area contributed by atoms with Gasteiger partial charge < -0.3 is 9.88 Å². The molecule has 0 fully saturated rings. The molecule has 0 spiro atoms. The Morgan fingerprint density at radius 3 is 2.74 bits per heavy atom. The predicted molar refractivity (Wildman–Crippen MR) is 68.4 cm³/mol. The average molecular weight is 268 g/mol. The molecule has 1 aromatic heterocycles. The first-order valence-electron chi connectivity index (χ1n) is 6.14. The van der Waals surface area contributed by atoms with Crippen LogP contribution in [0.2, 0.25) is 0 Å². The van der Waals surface area contributed by atoms with Crippen molar-refractivity contribution in [2.24, 2.45) is 0 Å². The van der Waals surface area contributed by atoms with Gasteiger partial charge in [-0.25, -0.2) is 13.2 Å². The van der Waals surface area contributed by atoms with Gasteiger partial charge in [0.25, 0.3) is 0 Å². The fraction of sp³-hybridized carbons (Fsp3) is 0.286. The number of anilines is 1. The second-order valence-corrected chi connectivity index (χ2v) is 4.30. The highest BCUT2D eigenvalue weighted by atomic mass is 19.2. The van der Waals surface area contributed by atoms with Crippen LogP contribution in [-0.4, -0.2) is 4.57 Å². The molecule has 1 aromatic carbocycles. The molecule has 0 saturated carbocycles. The summed E-state index contributed by atoms with van der Waals surface area (Å²) in [4.78, 5) is 0. The maximum Gasteiger partial charge on any atom is 0.182 e. The van der Waals surface area contributed by atoms with Gasteiger partial charge in [0, 0.05) is 30.6 Å². The van der Waals surface area contributed by atoms with Crippen LogP contribution in [0.4, 0.5) is 18.9 Å². The Hall–Kier alpha value is -1.91. The number of nitrogens with one attached hydrogen (secondary N) is 1. The summed E-state index contributed by atoms with van der Waals surface area (Å²) in [5, 5.41) is 2.72. The van der Waals surface area contributed by atoms with Crippen LogP contribution in [0.1, 0.15) is 19.0 Å². The first-order chi connectivity index (χ1) is 9.11. The topological polar surface area (TPSA) is 17.0 Å². The Morgan fingerprint density at radius 1 is 1.21 bits per heavy atom. The van der Waals surface area contributed by atoms with Crippen molar-refractivity contribution in [3.63, 3.8) is 0 Å². The molecule has 0 atom stereocenters. The Balaban J connectivity index is 2.12. The highest BCUT2D eigenvalue weighted by molar-refractivity contribution is 5.45. The molecule has 0 aliphatic rings. The number of aromatic nitrogens is 1. The highest BCUT2D eigenvalue weighted by Crippen LogP contribution is 2.20. The van der Waals surface area contributed by atoms with Gasteiger partial charge in [-0.1, -0.05) is 6.92 Å². The van der Waals surface area contributed by atoms with Crippen molar-refractivity contribution in [2.45, 2.75) is 26.4 Å². The zero-order valence-corrected chi connectivity index (χ0v) is 10.6. The van der Waals surface area contributed by atoms with Crippen LogP contribution < -0.4 is 5.32 Å². The lowest BCUT2D eigenvalue weighted by molar-refractivity contribution is 0.497. The molecule has 1 heterocycles. The van der Waals surface area contributed by atoms with Gasteiger partial charge in [0.2, 0.25) is 0 Å². The van der Waals surface area contributed by atoms with Gasteiger partial charge in [0.05, 0.1) is 12.2 Å². The van der Waals surface area contributed by atoms with Crippen molar-refractivity contribution < 1.29 is 13.2 Å². The number of rotatable bonds is 5. The predicted octanol–water partition coefficient (Wildman–Crippen LogP) is 3.93. The fourth-order valence-electron chi connectivity index (χ4n) is 1.94. The van der Waals surface area contributed by atoms with E-state index in [1.54, 1.807) is 0 Å². The van der Waals surface area contributed by atoms with Gasteiger partial charge in [0.15, 0.2) is 11.6 Å². The van der Waals surface area contributed by atoms with E-state index >= 15 is 0 Å². The van der Waals surface area contributed by atoms with Crippen LogP contribution in [-0.2, 0) is 13.1 Å². The molecule has 2 rings (SSSR count). The van der Waals surface area contributed by atoms with Crippen molar-refractivity contribution in [1.29, 1.82) is 0 Å². The van der Waals surface area contributed by atoms with Gasteiger partial charge in [-0.05, 0) is 18.6 Å². The van der Waals surface area contributed by atoms with Crippen LogP contribution in [0, 0.1) is 17.5 Å². The molecule has 5 heteroatoms. The summed E-state index contributed by atoms with van der Waals surface area (Å²) >= 11 is 0. The second kappa shape index (κ2) is 5.82. The molecule has 0 saturated heterocycles. The monoisotopic (exact) mass is 268 g/mol. The lowest BCUT2D eigenvalue weighted by Crippen LogP contribution is -2.08. The molecule has 19 heavy (non-hydrogen) atoms. The third-order valence-electron chi connectivity index (χ3n) is 2.84. The molecule has 1 N–H and O–H groups in total. The molecule has 0 aliphatic carbocycles. The second-order valence-electron chi connectivity index (χ2n) is 4.30. The standard InChI is InChI=1S/C14H15F3N2/c1-2-5-19-6-3-4-11(19)9-18-13-8-10(15)7-12(16)14(13)17/h3-4,6-8,18H,2,5,9H2,1H3.